The van der Waals surface area contributed by atoms with Crippen molar-refractivity contribution in [3.63, 3.8) is 0 Å². The van der Waals surface area contributed by atoms with Crippen molar-refractivity contribution in [1.82, 2.24) is 19.7 Å². The highest BCUT2D eigenvalue weighted by Gasteiger charge is 2.08. The number of anilines is 2. The second kappa shape index (κ2) is 5.60. The Kier molecular flexibility index (Phi) is 4.06. The van der Waals surface area contributed by atoms with Gasteiger partial charge in [-0.15, -0.1) is 12.4 Å². The first-order valence-electron chi connectivity index (χ1n) is 5.50. The van der Waals surface area contributed by atoms with Crippen molar-refractivity contribution in [3.8, 4) is 0 Å². The number of hydrogen-bond acceptors (Lipinski definition) is 4. The zero-order valence-corrected chi connectivity index (χ0v) is 11.9. The second-order valence-corrected chi connectivity index (χ2v) is 4.39. The molecule has 1 N–H and O–H groups in total. The molecule has 8 heteroatoms. The maximum atomic E-state index is 13.1. The molecule has 3 rings (SSSR count). The molecule has 1 aromatic carbocycles. The lowest BCUT2D eigenvalue weighted by Gasteiger charge is -2.06. The smallest absolute Gasteiger partial charge is 0.163 e. The summed E-state index contributed by atoms with van der Waals surface area (Å²) in [5, 5.41) is 8.03. The van der Waals surface area contributed by atoms with Gasteiger partial charge in [-0.3, -0.25) is 4.68 Å². The van der Waals surface area contributed by atoms with E-state index in [0.29, 0.717) is 17.2 Å². The molecule has 0 fully saturated rings. The zero-order chi connectivity index (χ0) is 13.4. The molecule has 0 amide bonds. The molecule has 0 aliphatic rings. The first-order valence-corrected chi connectivity index (χ1v) is 5.88. The minimum atomic E-state index is -0.457. The molecule has 0 bridgehead atoms. The molecule has 20 heavy (non-hydrogen) atoms. The molecule has 0 aliphatic heterocycles. The Hall–Kier alpha value is -1.92. The van der Waals surface area contributed by atoms with Crippen molar-refractivity contribution < 1.29 is 4.39 Å². The molecule has 2 aromatic heterocycles. The predicted molar refractivity (Wildman–Crippen MR) is 78.2 cm³/mol. The summed E-state index contributed by atoms with van der Waals surface area (Å²) >= 11 is 5.74. The number of halogens is 3. The Balaban J connectivity index is 0.00000147. The Bertz CT molecular complexity index is 759. The lowest BCUT2D eigenvalue weighted by Crippen LogP contribution is -1.97. The molecule has 3 aromatic rings. The molecule has 104 valence electrons. The van der Waals surface area contributed by atoms with E-state index in [9.17, 15) is 4.39 Å². The summed E-state index contributed by atoms with van der Waals surface area (Å²) < 4.78 is 14.7. The Labute approximate surface area is 125 Å². The third-order valence-electron chi connectivity index (χ3n) is 2.71. The highest BCUT2D eigenvalue weighted by atomic mass is 35.5. The standard InChI is InChI=1S/C12H9ClFN5.ClH/c1-19-12-8(5-17-19)11(15-6-16-12)18-7-2-3-10(14)9(13)4-7;/h2-6H,1H3,(H,15,16,18);1H. The van der Waals surface area contributed by atoms with Gasteiger partial charge >= 0.3 is 0 Å². The second-order valence-electron chi connectivity index (χ2n) is 3.98. The Morgan fingerprint density at radius 2 is 2.10 bits per heavy atom. The van der Waals surface area contributed by atoms with Crippen molar-refractivity contribution in [1.29, 1.82) is 0 Å². The Morgan fingerprint density at radius 1 is 1.30 bits per heavy atom. The van der Waals surface area contributed by atoms with Crippen LogP contribution in [0.1, 0.15) is 0 Å². The van der Waals surface area contributed by atoms with E-state index < -0.39 is 5.82 Å². The number of nitrogens with zero attached hydrogens (tertiary/aromatic N) is 4. The van der Waals surface area contributed by atoms with Crippen molar-refractivity contribution >= 4 is 46.5 Å². The van der Waals surface area contributed by atoms with Crippen LogP contribution >= 0.6 is 24.0 Å². The molecule has 2 heterocycles. The first-order chi connectivity index (χ1) is 9.15. The largest absolute Gasteiger partial charge is 0.339 e. The first kappa shape index (κ1) is 14.5. The van der Waals surface area contributed by atoms with Crippen molar-refractivity contribution in [3.05, 3.63) is 41.6 Å². The fraction of sp³-hybridized carbons (Fsp3) is 0.0833. The topological polar surface area (TPSA) is 55.6 Å². The lowest BCUT2D eigenvalue weighted by atomic mass is 10.3. The number of aryl methyl sites for hydroxylation is 1. The van der Waals surface area contributed by atoms with Gasteiger partial charge in [0, 0.05) is 12.7 Å². The van der Waals surface area contributed by atoms with Crippen LogP contribution in [0.4, 0.5) is 15.9 Å². The van der Waals surface area contributed by atoms with Crippen LogP contribution in [0.25, 0.3) is 11.0 Å². The maximum Gasteiger partial charge on any atom is 0.163 e. The third kappa shape index (κ3) is 2.52. The van der Waals surface area contributed by atoms with Gasteiger partial charge in [0.15, 0.2) is 5.65 Å². The molecule has 0 saturated heterocycles. The van der Waals surface area contributed by atoms with E-state index >= 15 is 0 Å². The summed E-state index contributed by atoms with van der Waals surface area (Å²) in [6.45, 7) is 0. The van der Waals surface area contributed by atoms with E-state index in [0.717, 1.165) is 5.39 Å². The molecule has 0 unspecified atom stereocenters. The van der Waals surface area contributed by atoms with Crippen LogP contribution < -0.4 is 5.32 Å². The number of aromatic nitrogens is 4. The highest BCUT2D eigenvalue weighted by Crippen LogP contribution is 2.25. The summed E-state index contributed by atoms with van der Waals surface area (Å²) in [4.78, 5) is 8.29. The van der Waals surface area contributed by atoms with Gasteiger partial charge in [0.25, 0.3) is 0 Å². The van der Waals surface area contributed by atoms with Crippen molar-refractivity contribution in [2.75, 3.05) is 5.32 Å². The molecule has 0 saturated carbocycles. The minimum Gasteiger partial charge on any atom is -0.339 e. The van der Waals surface area contributed by atoms with Crippen LogP contribution in [0.3, 0.4) is 0 Å². The van der Waals surface area contributed by atoms with E-state index in [1.807, 2.05) is 0 Å². The number of nitrogens with one attached hydrogen (secondary N) is 1. The monoisotopic (exact) mass is 313 g/mol. The minimum absolute atomic E-state index is 0. The molecule has 0 radical (unpaired) electrons. The van der Waals surface area contributed by atoms with Crippen LogP contribution in [-0.4, -0.2) is 19.7 Å². The molecule has 0 spiro atoms. The fourth-order valence-corrected chi connectivity index (χ4v) is 1.95. The Morgan fingerprint density at radius 3 is 2.85 bits per heavy atom. The molecule has 0 atom stereocenters. The molecular weight excluding hydrogens is 304 g/mol. The predicted octanol–water partition coefficient (Wildman–Crippen LogP) is 3.32. The number of benzene rings is 1. The van der Waals surface area contributed by atoms with Crippen LogP contribution in [0.2, 0.25) is 5.02 Å². The van der Waals surface area contributed by atoms with Crippen molar-refractivity contribution in [2.24, 2.45) is 7.05 Å². The van der Waals surface area contributed by atoms with Crippen LogP contribution in [0.15, 0.2) is 30.7 Å². The molecule has 0 aliphatic carbocycles. The van der Waals surface area contributed by atoms with Gasteiger partial charge in [0.2, 0.25) is 0 Å². The molecular formula is C12H10Cl2FN5. The van der Waals surface area contributed by atoms with Crippen LogP contribution in [0, 0.1) is 5.82 Å². The summed E-state index contributed by atoms with van der Waals surface area (Å²) in [6, 6.07) is 4.39. The van der Waals surface area contributed by atoms with Gasteiger partial charge in [0.05, 0.1) is 16.6 Å². The van der Waals surface area contributed by atoms with Gasteiger partial charge in [-0.1, -0.05) is 11.6 Å². The van der Waals surface area contributed by atoms with E-state index in [2.05, 4.69) is 20.4 Å². The normalized spacial score (nSPS) is 10.3. The van der Waals surface area contributed by atoms with Gasteiger partial charge < -0.3 is 5.32 Å². The average Bonchev–Trinajstić information content (AvgIpc) is 2.77. The highest BCUT2D eigenvalue weighted by molar-refractivity contribution is 6.31. The molecule has 5 nitrogen and oxygen atoms in total. The van der Waals surface area contributed by atoms with E-state index in [-0.39, 0.29) is 17.4 Å². The van der Waals surface area contributed by atoms with Gasteiger partial charge in [-0.2, -0.15) is 5.10 Å². The fourth-order valence-electron chi connectivity index (χ4n) is 1.77. The van der Waals surface area contributed by atoms with E-state index in [1.165, 1.54) is 18.5 Å². The summed E-state index contributed by atoms with van der Waals surface area (Å²) in [5.74, 6) is 0.141. The van der Waals surface area contributed by atoms with Gasteiger partial charge in [0.1, 0.15) is 18.0 Å². The van der Waals surface area contributed by atoms with E-state index in [1.54, 1.807) is 24.0 Å². The SMILES string of the molecule is Cl.Cn1ncc2c(Nc3ccc(F)c(Cl)c3)ncnc21. The average molecular weight is 314 g/mol. The summed E-state index contributed by atoms with van der Waals surface area (Å²) in [7, 11) is 1.80. The summed E-state index contributed by atoms with van der Waals surface area (Å²) in [6.07, 6.45) is 3.11. The van der Waals surface area contributed by atoms with Crippen LogP contribution in [-0.2, 0) is 7.05 Å². The van der Waals surface area contributed by atoms with Crippen molar-refractivity contribution in [2.45, 2.75) is 0 Å². The zero-order valence-electron chi connectivity index (χ0n) is 10.3. The maximum absolute atomic E-state index is 13.1. The lowest BCUT2D eigenvalue weighted by molar-refractivity contribution is 0.628. The van der Waals surface area contributed by atoms with Crippen LogP contribution in [0.5, 0.6) is 0 Å². The number of rotatable bonds is 2. The summed E-state index contributed by atoms with van der Waals surface area (Å²) in [5.41, 5.74) is 1.36. The van der Waals surface area contributed by atoms with E-state index in [4.69, 9.17) is 11.6 Å². The number of hydrogen-bond donors (Lipinski definition) is 1. The number of fused-ring (bicyclic) bond motifs is 1. The third-order valence-corrected chi connectivity index (χ3v) is 3.00. The van der Waals surface area contributed by atoms with Gasteiger partial charge in [-0.05, 0) is 18.2 Å². The van der Waals surface area contributed by atoms with Gasteiger partial charge in [-0.25, -0.2) is 14.4 Å². The quantitative estimate of drug-likeness (QED) is 0.788.